The fraction of sp³-hybridized carbons (Fsp3) is 0.696. The highest BCUT2D eigenvalue weighted by atomic mass is 16.5. The second-order valence-corrected chi connectivity index (χ2v) is 9.58. The Hall–Kier alpha value is -2.19. The zero-order chi connectivity index (χ0) is 21.7. The van der Waals surface area contributed by atoms with Gasteiger partial charge in [-0.25, -0.2) is 9.97 Å². The second-order valence-electron chi connectivity index (χ2n) is 9.58. The maximum absolute atomic E-state index is 5.23. The lowest BCUT2D eigenvalue weighted by atomic mass is 9.91. The highest BCUT2D eigenvalue weighted by Crippen LogP contribution is 2.44. The highest BCUT2D eigenvalue weighted by molar-refractivity contribution is 5.98. The van der Waals surface area contributed by atoms with Crippen LogP contribution in [0.25, 0.3) is 0 Å². The van der Waals surface area contributed by atoms with Crippen molar-refractivity contribution in [2.24, 2.45) is 10.4 Å². The Morgan fingerprint density at radius 1 is 1.23 bits per heavy atom. The summed E-state index contributed by atoms with van der Waals surface area (Å²) in [5, 5.41) is 14.1. The minimum atomic E-state index is 0.392. The van der Waals surface area contributed by atoms with E-state index in [0.29, 0.717) is 36.0 Å². The van der Waals surface area contributed by atoms with Crippen molar-refractivity contribution in [3.05, 3.63) is 29.9 Å². The fourth-order valence-corrected chi connectivity index (χ4v) is 4.25. The predicted molar refractivity (Wildman–Crippen MR) is 124 cm³/mol. The fourth-order valence-electron chi connectivity index (χ4n) is 4.25. The van der Waals surface area contributed by atoms with Gasteiger partial charge < -0.3 is 26.0 Å². The van der Waals surface area contributed by atoms with E-state index in [1.54, 1.807) is 7.11 Å². The molecule has 0 saturated heterocycles. The van der Waals surface area contributed by atoms with Gasteiger partial charge >= 0.3 is 0 Å². The van der Waals surface area contributed by atoms with E-state index < -0.39 is 0 Å². The van der Waals surface area contributed by atoms with Gasteiger partial charge in [-0.05, 0) is 63.0 Å². The molecule has 4 N–H and O–H groups in total. The van der Waals surface area contributed by atoms with E-state index in [0.717, 1.165) is 56.2 Å². The molecule has 0 amide bonds. The van der Waals surface area contributed by atoms with E-state index in [1.807, 2.05) is 12.3 Å². The summed E-state index contributed by atoms with van der Waals surface area (Å²) in [6, 6.07) is 3.28. The monoisotopic (exact) mass is 427 g/mol. The highest BCUT2D eigenvalue weighted by Gasteiger charge is 2.37. The molecule has 1 aromatic heterocycles. The lowest BCUT2D eigenvalue weighted by molar-refractivity contribution is 0.161. The summed E-state index contributed by atoms with van der Waals surface area (Å²) in [6.45, 7) is 6.91. The van der Waals surface area contributed by atoms with Crippen LogP contribution < -0.4 is 21.3 Å². The predicted octanol–water partition coefficient (Wildman–Crippen LogP) is 2.41. The summed E-state index contributed by atoms with van der Waals surface area (Å²) in [7, 11) is 1.75. The van der Waals surface area contributed by atoms with Gasteiger partial charge in [-0.1, -0.05) is 6.92 Å². The molecular formula is C23H37N7O. The SMILES string of the molecule is COC[C@@H](C)NC1CCC(Nc2nccc(C3=NCC=C(NCC4(C)CC4)N3)n2)CC1. The van der Waals surface area contributed by atoms with E-state index in [4.69, 9.17) is 9.72 Å². The van der Waals surface area contributed by atoms with Crippen LogP contribution in [0.5, 0.6) is 0 Å². The molecule has 1 aliphatic heterocycles. The van der Waals surface area contributed by atoms with Crippen LogP contribution in [0.3, 0.4) is 0 Å². The van der Waals surface area contributed by atoms with Crippen molar-refractivity contribution >= 4 is 11.8 Å². The number of aromatic nitrogens is 2. The molecule has 170 valence electrons. The molecule has 1 aromatic rings. The van der Waals surface area contributed by atoms with Crippen molar-refractivity contribution < 1.29 is 4.74 Å². The summed E-state index contributed by atoms with van der Waals surface area (Å²) in [6.07, 6.45) is 11.0. The first kappa shape index (κ1) is 22.0. The third kappa shape index (κ3) is 6.40. The molecule has 0 aromatic carbocycles. The van der Waals surface area contributed by atoms with Crippen molar-refractivity contribution in [3.63, 3.8) is 0 Å². The molecule has 2 aliphatic carbocycles. The van der Waals surface area contributed by atoms with Crippen molar-refractivity contribution in [2.75, 3.05) is 32.1 Å². The van der Waals surface area contributed by atoms with Gasteiger partial charge in [0.05, 0.1) is 13.2 Å². The Kier molecular flexibility index (Phi) is 7.07. The molecule has 3 aliphatic rings. The molecule has 0 radical (unpaired) electrons. The lowest BCUT2D eigenvalue weighted by Gasteiger charge is -2.31. The van der Waals surface area contributed by atoms with E-state index in [1.165, 1.54) is 12.8 Å². The van der Waals surface area contributed by atoms with Crippen LogP contribution in [0, 0.1) is 5.41 Å². The van der Waals surface area contributed by atoms with Crippen LogP contribution in [0.2, 0.25) is 0 Å². The largest absolute Gasteiger partial charge is 0.383 e. The van der Waals surface area contributed by atoms with Gasteiger partial charge in [0, 0.05) is 38.0 Å². The number of rotatable bonds is 10. The molecule has 0 spiro atoms. The molecule has 2 saturated carbocycles. The number of hydrogen-bond acceptors (Lipinski definition) is 8. The molecule has 1 atom stereocenters. The summed E-state index contributed by atoms with van der Waals surface area (Å²) < 4.78 is 5.23. The van der Waals surface area contributed by atoms with Gasteiger partial charge in [0.2, 0.25) is 5.95 Å². The number of hydrogen-bond donors (Lipinski definition) is 4. The Balaban J connectivity index is 1.26. The second kappa shape index (κ2) is 9.96. The van der Waals surface area contributed by atoms with Gasteiger partial charge in [-0.2, -0.15) is 0 Å². The molecule has 8 heteroatoms. The number of amidine groups is 1. The van der Waals surface area contributed by atoms with Crippen LogP contribution in [0.15, 0.2) is 29.2 Å². The topological polar surface area (TPSA) is 95.5 Å². The zero-order valence-corrected chi connectivity index (χ0v) is 19.1. The minimum absolute atomic E-state index is 0.392. The Bertz CT molecular complexity index is 797. The molecule has 31 heavy (non-hydrogen) atoms. The van der Waals surface area contributed by atoms with Crippen molar-refractivity contribution in [2.45, 2.75) is 70.5 Å². The molecule has 2 heterocycles. The molecule has 4 rings (SSSR count). The molecule has 2 fully saturated rings. The zero-order valence-electron chi connectivity index (χ0n) is 19.1. The van der Waals surface area contributed by atoms with Gasteiger partial charge in [0.25, 0.3) is 0 Å². The molecule has 0 unspecified atom stereocenters. The Morgan fingerprint density at radius 2 is 2.00 bits per heavy atom. The Morgan fingerprint density at radius 3 is 2.74 bits per heavy atom. The number of anilines is 1. The molecule has 8 nitrogen and oxygen atoms in total. The first-order valence-electron chi connectivity index (χ1n) is 11.6. The van der Waals surface area contributed by atoms with Crippen LogP contribution in [-0.2, 0) is 4.74 Å². The minimum Gasteiger partial charge on any atom is -0.383 e. The summed E-state index contributed by atoms with van der Waals surface area (Å²) in [4.78, 5) is 13.8. The first-order valence-corrected chi connectivity index (χ1v) is 11.6. The third-order valence-corrected chi connectivity index (χ3v) is 6.50. The average Bonchev–Trinajstić information content (AvgIpc) is 3.52. The summed E-state index contributed by atoms with van der Waals surface area (Å²) in [5.74, 6) is 2.51. The van der Waals surface area contributed by atoms with Crippen LogP contribution in [0.1, 0.15) is 58.1 Å². The van der Waals surface area contributed by atoms with Crippen LogP contribution in [-0.4, -0.2) is 60.7 Å². The number of methoxy groups -OCH3 is 1. The van der Waals surface area contributed by atoms with Crippen molar-refractivity contribution in [1.82, 2.24) is 25.9 Å². The van der Waals surface area contributed by atoms with Gasteiger partial charge in [-0.3, -0.25) is 4.99 Å². The lowest BCUT2D eigenvalue weighted by Crippen LogP contribution is -2.43. The first-order chi connectivity index (χ1) is 15.0. The molecule has 0 bridgehead atoms. The maximum atomic E-state index is 5.23. The maximum Gasteiger partial charge on any atom is 0.223 e. The number of aliphatic imine (C=N–C) groups is 1. The third-order valence-electron chi connectivity index (χ3n) is 6.50. The number of nitrogens with one attached hydrogen (secondary N) is 4. The number of nitrogens with zero attached hydrogens (tertiary/aromatic N) is 3. The Labute approximate surface area is 185 Å². The van der Waals surface area contributed by atoms with E-state index >= 15 is 0 Å². The van der Waals surface area contributed by atoms with Crippen molar-refractivity contribution in [3.8, 4) is 0 Å². The summed E-state index contributed by atoms with van der Waals surface area (Å²) in [5.41, 5.74) is 1.28. The van der Waals surface area contributed by atoms with E-state index in [2.05, 4.69) is 51.2 Å². The van der Waals surface area contributed by atoms with Crippen molar-refractivity contribution in [1.29, 1.82) is 0 Å². The summed E-state index contributed by atoms with van der Waals surface area (Å²) >= 11 is 0. The van der Waals surface area contributed by atoms with E-state index in [-0.39, 0.29) is 0 Å². The van der Waals surface area contributed by atoms with Crippen LogP contribution in [0.4, 0.5) is 5.95 Å². The van der Waals surface area contributed by atoms with Crippen LogP contribution >= 0.6 is 0 Å². The average molecular weight is 428 g/mol. The van der Waals surface area contributed by atoms with Gasteiger partial charge in [0.15, 0.2) is 5.84 Å². The van der Waals surface area contributed by atoms with Gasteiger partial charge in [-0.15, -0.1) is 0 Å². The van der Waals surface area contributed by atoms with Gasteiger partial charge in [0.1, 0.15) is 11.5 Å². The van der Waals surface area contributed by atoms with E-state index in [9.17, 15) is 0 Å². The normalized spacial score (nSPS) is 25.6. The quantitative estimate of drug-likeness (QED) is 0.455. The standard InChI is InChI=1S/C23H37N7O/c1-16(14-31-3)27-17-4-6-18(7-5-17)28-22-25-12-8-19(29-22)21-24-13-9-20(30-21)26-15-23(2)10-11-23/h8-9,12,16-18,26-27H,4-7,10-11,13-15H2,1-3H3,(H,24,30)(H,25,28,29)/t16-,17?,18?/m1/s1. The molecular weight excluding hydrogens is 390 g/mol. The smallest absolute Gasteiger partial charge is 0.223 e. The number of ether oxygens (including phenoxy) is 1.